The molecule has 1 saturated heterocycles. The van der Waals surface area contributed by atoms with E-state index in [-0.39, 0.29) is 11.7 Å². The zero-order chi connectivity index (χ0) is 17.1. The molecule has 1 saturated carbocycles. The molecule has 2 fully saturated rings. The standard InChI is InChI=1S/C17H19BrN2O3S/c1-2-23-13-8-10(7-12(18)15(13)21)9-14-16(22)20-17(24-14)19-11-5-3-4-6-11/h7-9,11,21H,2-6H2,1H3,(H,19,20,22)/b14-9-. The van der Waals surface area contributed by atoms with Gasteiger partial charge in [0.2, 0.25) is 0 Å². The lowest BCUT2D eigenvalue weighted by atomic mass is 10.2. The van der Waals surface area contributed by atoms with Crippen LogP contribution in [0, 0.1) is 0 Å². The molecular formula is C17H19BrN2O3S. The van der Waals surface area contributed by atoms with Gasteiger partial charge in [0.15, 0.2) is 16.7 Å². The number of aromatic hydroxyl groups is 1. The Labute approximate surface area is 153 Å². The number of halogens is 1. The Balaban J connectivity index is 1.82. The first kappa shape index (κ1) is 17.4. The minimum absolute atomic E-state index is 0.0611. The van der Waals surface area contributed by atoms with Crippen molar-refractivity contribution in [2.24, 2.45) is 4.99 Å². The molecule has 2 N–H and O–H groups in total. The molecule has 0 spiro atoms. The number of carbonyl (C=O) groups is 1. The van der Waals surface area contributed by atoms with E-state index >= 15 is 0 Å². The van der Waals surface area contributed by atoms with E-state index in [0.717, 1.165) is 18.4 Å². The average Bonchev–Trinajstić information content (AvgIpc) is 3.15. The molecule has 1 aliphatic heterocycles. The molecule has 0 aromatic heterocycles. The minimum atomic E-state index is -0.140. The third-order valence-corrected chi connectivity index (χ3v) is 5.45. The maximum absolute atomic E-state index is 12.2. The first-order chi connectivity index (χ1) is 11.6. The number of carbonyl (C=O) groups excluding carboxylic acids is 1. The summed E-state index contributed by atoms with van der Waals surface area (Å²) in [6.45, 7) is 2.30. The number of rotatable bonds is 4. The van der Waals surface area contributed by atoms with Gasteiger partial charge in [-0.15, -0.1) is 0 Å². The van der Waals surface area contributed by atoms with Gasteiger partial charge >= 0.3 is 0 Å². The summed E-state index contributed by atoms with van der Waals surface area (Å²) < 4.78 is 5.95. The van der Waals surface area contributed by atoms with Gasteiger partial charge in [-0.2, -0.15) is 0 Å². The Morgan fingerprint density at radius 3 is 2.92 bits per heavy atom. The molecule has 128 valence electrons. The fourth-order valence-corrected chi connectivity index (χ4v) is 4.13. The summed E-state index contributed by atoms with van der Waals surface area (Å²) in [4.78, 5) is 17.4. The van der Waals surface area contributed by atoms with Gasteiger partial charge in [-0.05, 0) is 71.2 Å². The number of phenolic OH excluding ortho intramolecular Hbond substituents is 1. The van der Waals surface area contributed by atoms with Crippen LogP contribution in [0.3, 0.4) is 0 Å². The Hall–Kier alpha value is -1.47. The van der Waals surface area contributed by atoms with Gasteiger partial charge in [-0.3, -0.25) is 9.79 Å². The normalized spacial score (nSPS) is 21.7. The number of amides is 1. The predicted molar refractivity (Wildman–Crippen MR) is 100 cm³/mol. The molecule has 1 aromatic rings. The Morgan fingerprint density at radius 1 is 1.46 bits per heavy atom. The van der Waals surface area contributed by atoms with Crippen LogP contribution in [-0.4, -0.2) is 28.8 Å². The van der Waals surface area contributed by atoms with Crippen molar-refractivity contribution in [3.63, 3.8) is 0 Å². The van der Waals surface area contributed by atoms with E-state index in [2.05, 4.69) is 26.2 Å². The number of nitrogens with one attached hydrogen (secondary N) is 1. The van der Waals surface area contributed by atoms with Crippen LogP contribution in [0.4, 0.5) is 0 Å². The molecule has 1 amide bonds. The molecular weight excluding hydrogens is 392 g/mol. The minimum Gasteiger partial charge on any atom is -0.503 e. The Morgan fingerprint density at radius 2 is 2.21 bits per heavy atom. The highest BCUT2D eigenvalue weighted by molar-refractivity contribution is 9.10. The van der Waals surface area contributed by atoms with Gasteiger partial charge in [0.1, 0.15) is 0 Å². The Kier molecular flexibility index (Phi) is 5.50. The van der Waals surface area contributed by atoms with Crippen LogP contribution in [0.5, 0.6) is 11.5 Å². The zero-order valence-corrected chi connectivity index (χ0v) is 15.7. The number of amidine groups is 1. The Bertz CT molecular complexity index is 712. The van der Waals surface area contributed by atoms with Crippen molar-refractivity contribution in [3.8, 4) is 11.5 Å². The van der Waals surface area contributed by atoms with E-state index in [1.807, 2.05) is 6.92 Å². The molecule has 5 nitrogen and oxygen atoms in total. The molecule has 2 aliphatic rings. The smallest absolute Gasteiger partial charge is 0.264 e. The lowest BCUT2D eigenvalue weighted by Gasteiger charge is -2.08. The number of hydrogen-bond acceptors (Lipinski definition) is 5. The molecule has 1 aliphatic carbocycles. The summed E-state index contributed by atoms with van der Waals surface area (Å²) in [7, 11) is 0. The molecule has 7 heteroatoms. The van der Waals surface area contributed by atoms with Crippen LogP contribution >= 0.6 is 27.7 Å². The highest BCUT2D eigenvalue weighted by Crippen LogP contribution is 2.37. The highest BCUT2D eigenvalue weighted by atomic mass is 79.9. The summed E-state index contributed by atoms with van der Waals surface area (Å²) in [6, 6.07) is 3.81. The maximum Gasteiger partial charge on any atom is 0.264 e. The molecule has 1 heterocycles. The van der Waals surface area contributed by atoms with E-state index in [0.29, 0.717) is 32.9 Å². The van der Waals surface area contributed by atoms with Gasteiger partial charge in [-0.25, -0.2) is 0 Å². The highest BCUT2D eigenvalue weighted by Gasteiger charge is 2.25. The molecule has 0 radical (unpaired) electrons. The van der Waals surface area contributed by atoms with E-state index in [9.17, 15) is 9.90 Å². The topological polar surface area (TPSA) is 70.9 Å². The van der Waals surface area contributed by atoms with Crippen LogP contribution in [-0.2, 0) is 4.79 Å². The summed E-state index contributed by atoms with van der Waals surface area (Å²) in [5.74, 6) is 0.312. The van der Waals surface area contributed by atoms with Crippen LogP contribution in [0.15, 0.2) is 26.5 Å². The number of thioether (sulfide) groups is 1. The third-order valence-electron chi connectivity index (χ3n) is 3.92. The molecule has 24 heavy (non-hydrogen) atoms. The van der Waals surface area contributed by atoms with Gasteiger partial charge in [0.25, 0.3) is 5.91 Å². The molecule has 1 aromatic carbocycles. The average molecular weight is 411 g/mol. The molecule has 0 bridgehead atoms. The molecule has 0 atom stereocenters. The lowest BCUT2D eigenvalue weighted by Crippen LogP contribution is -2.21. The van der Waals surface area contributed by atoms with Crippen molar-refractivity contribution in [2.45, 2.75) is 38.6 Å². The predicted octanol–water partition coefficient (Wildman–Crippen LogP) is 4.06. The van der Waals surface area contributed by atoms with Crippen LogP contribution < -0.4 is 10.1 Å². The second-order valence-corrected chi connectivity index (χ2v) is 7.60. The van der Waals surface area contributed by atoms with Crippen LogP contribution in [0.2, 0.25) is 0 Å². The second kappa shape index (κ2) is 7.61. The summed E-state index contributed by atoms with van der Waals surface area (Å²) in [5, 5.41) is 13.5. The third kappa shape index (κ3) is 3.95. The van der Waals surface area contributed by atoms with Crippen molar-refractivity contribution in [2.75, 3.05) is 6.61 Å². The molecule has 3 rings (SSSR count). The number of aliphatic imine (C=N–C) groups is 1. The number of hydrogen-bond donors (Lipinski definition) is 2. The van der Waals surface area contributed by atoms with Gasteiger partial charge in [0, 0.05) is 0 Å². The summed E-state index contributed by atoms with van der Waals surface area (Å²) >= 11 is 4.67. The summed E-state index contributed by atoms with van der Waals surface area (Å²) in [5.41, 5.74) is 0.780. The van der Waals surface area contributed by atoms with Gasteiger partial charge in [0.05, 0.1) is 22.0 Å². The van der Waals surface area contributed by atoms with Crippen molar-refractivity contribution >= 4 is 44.8 Å². The van der Waals surface area contributed by atoms with E-state index < -0.39 is 0 Å². The van der Waals surface area contributed by atoms with E-state index in [1.54, 1.807) is 18.2 Å². The monoisotopic (exact) mass is 410 g/mol. The quantitative estimate of drug-likeness (QED) is 0.734. The number of benzene rings is 1. The second-order valence-electron chi connectivity index (χ2n) is 5.72. The first-order valence-electron chi connectivity index (χ1n) is 8.01. The van der Waals surface area contributed by atoms with Gasteiger partial charge < -0.3 is 15.2 Å². The summed E-state index contributed by atoms with van der Waals surface area (Å²) in [6.07, 6.45) is 6.40. The van der Waals surface area contributed by atoms with Crippen LogP contribution in [0.25, 0.3) is 6.08 Å². The largest absolute Gasteiger partial charge is 0.503 e. The van der Waals surface area contributed by atoms with Gasteiger partial charge in [-0.1, -0.05) is 12.8 Å². The zero-order valence-electron chi connectivity index (χ0n) is 13.3. The van der Waals surface area contributed by atoms with E-state index in [1.165, 1.54) is 24.6 Å². The lowest BCUT2D eigenvalue weighted by molar-refractivity contribution is -0.115. The number of nitrogens with zero attached hydrogens (tertiary/aromatic N) is 1. The molecule has 0 unspecified atom stereocenters. The number of phenols is 1. The van der Waals surface area contributed by atoms with Crippen molar-refractivity contribution in [3.05, 3.63) is 27.1 Å². The van der Waals surface area contributed by atoms with Crippen molar-refractivity contribution < 1.29 is 14.6 Å². The van der Waals surface area contributed by atoms with Crippen molar-refractivity contribution in [1.29, 1.82) is 0 Å². The fourth-order valence-electron chi connectivity index (χ4n) is 2.78. The maximum atomic E-state index is 12.2. The first-order valence-corrected chi connectivity index (χ1v) is 9.61. The van der Waals surface area contributed by atoms with Crippen LogP contribution in [0.1, 0.15) is 38.2 Å². The SMILES string of the molecule is CCOc1cc(/C=C2\SC(=NC3CCCC3)NC2=O)cc(Br)c1O. The van der Waals surface area contributed by atoms with E-state index in [4.69, 9.17) is 4.74 Å². The number of ether oxygens (including phenoxy) is 1. The fraction of sp³-hybridized carbons (Fsp3) is 0.412. The van der Waals surface area contributed by atoms with Crippen molar-refractivity contribution in [1.82, 2.24) is 5.32 Å².